The maximum Gasteiger partial charge on any atom is 0.165 e. The zero-order chi connectivity index (χ0) is 37.5. The number of rotatable bonds is 3. The molecule has 6 aromatic carbocycles. The van der Waals surface area contributed by atoms with Gasteiger partial charge in [-0.2, -0.15) is 0 Å². The Morgan fingerprint density at radius 3 is 1.40 bits per heavy atom. The van der Waals surface area contributed by atoms with E-state index in [1.54, 1.807) is 0 Å². The molecule has 4 heteroatoms. The monoisotopic (exact) mass is 732 g/mol. The third kappa shape index (κ3) is 5.42. The van der Waals surface area contributed by atoms with E-state index in [0.717, 1.165) is 34.1 Å². The molecule has 0 spiro atoms. The molecule has 2 unspecified atom stereocenters. The Hall–Kier alpha value is -6.52. The number of aromatic nitrogens is 4. The maximum absolute atomic E-state index is 5.36. The van der Waals surface area contributed by atoms with Crippen LogP contribution in [0.4, 0.5) is 0 Å². The second kappa shape index (κ2) is 13.0. The van der Waals surface area contributed by atoms with Gasteiger partial charge >= 0.3 is 0 Å². The van der Waals surface area contributed by atoms with Crippen LogP contribution in [-0.4, -0.2) is 19.9 Å². The Morgan fingerprint density at radius 2 is 0.789 bits per heavy atom. The van der Waals surface area contributed by atoms with Gasteiger partial charge in [0.05, 0.1) is 5.69 Å². The SMILES string of the molecule is c1ccc(-c2nc(-c3ccc4c(c3)-c3ccccc3-c3ccccc3-c3ccccc3-4)nc(-c3cnc4c(c3)-c3ccccc3C3CC5CC(C3)CC4C5)n2)cc1. The van der Waals surface area contributed by atoms with E-state index in [0.29, 0.717) is 29.3 Å². The molecule has 2 heterocycles. The minimum absolute atomic E-state index is 0.488. The lowest BCUT2D eigenvalue weighted by Gasteiger charge is -2.42. The van der Waals surface area contributed by atoms with E-state index in [1.807, 2.05) is 24.4 Å². The lowest BCUT2D eigenvalue weighted by atomic mass is 9.63. The molecular weight excluding hydrogens is 693 g/mol. The molecule has 4 bridgehead atoms. The standard InChI is InChI=1S/C53H40N4/c1-2-12-34(13-3-1)51-55-52(35-22-23-47-45-20-9-8-18-43(45)41-16-6-7-17-42(41)44-19-10-11-21-46(44)48(47)29-35)57-53(56-51)38-30-49-40-15-5-4-14-39(40)36-25-32-24-33(26-36)28-37(27-32)50(49)54-31-38/h1-23,29-33,36-37H,24-28H2. The summed E-state index contributed by atoms with van der Waals surface area (Å²) < 4.78 is 0. The van der Waals surface area contributed by atoms with Gasteiger partial charge < -0.3 is 0 Å². The summed E-state index contributed by atoms with van der Waals surface area (Å²) in [6, 6.07) is 54.8. The third-order valence-corrected chi connectivity index (χ3v) is 13.3. The Kier molecular flexibility index (Phi) is 7.47. The highest BCUT2D eigenvalue weighted by Gasteiger charge is 2.40. The van der Waals surface area contributed by atoms with E-state index in [1.165, 1.54) is 93.4 Å². The zero-order valence-corrected chi connectivity index (χ0v) is 31.6. The molecule has 8 aromatic rings. The van der Waals surface area contributed by atoms with E-state index in [9.17, 15) is 0 Å². The summed E-state index contributed by atoms with van der Waals surface area (Å²) >= 11 is 0. The van der Waals surface area contributed by atoms with E-state index in [-0.39, 0.29) is 0 Å². The van der Waals surface area contributed by atoms with Gasteiger partial charge in [-0.25, -0.2) is 15.0 Å². The van der Waals surface area contributed by atoms with Gasteiger partial charge in [0, 0.05) is 34.4 Å². The quantitative estimate of drug-likeness (QED) is 0.181. The lowest BCUT2D eigenvalue weighted by Crippen LogP contribution is -2.29. The van der Waals surface area contributed by atoms with Crippen LogP contribution >= 0.6 is 0 Å². The second-order valence-electron chi connectivity index (χ2n) is 16.6. The van der Waals surface area contributed by atoms with Crippen LogP contribution in [0.15, 0.2) is 158 Å². The van der Waals surface area contributed by atoms with Crippen LogP contribution in [0.2, 0.25) is 0 Å². The summed E-state index contributed by atoms with van der Waals surface area (Å²) in [6.07, 6.45) is 8.49. The van der Waals surface area contributed by atoms with Crippen LogP contribution in [0.3, 0.4) is 0 Å². The van der Waals surface area contributed by atoms with Crippen molar-refractivity contribution in [3.05, 3.63) is 169 Å². The molecule has 5 aliphatic rings. The van der Waals surface area contributed by atoms with Crippen molar-refractivity contribution in [2.24, 2.45) is 11.8 Å². The normalized spacial score (nSPS) is 19.6. The molecule has 0 N–H and O–H groups in total. The molecule has 13 rings (SSSR count). The number of fused-ring (bicyclic) bond motifs is 8. The number of nitrogens with zero attached hydrogens (tertiary/aromatic N) is 4. The first-order valence-electron chi connectivity index (χ1n) is 20.6. The van der Waals surface area contributed by atoms with Gasteiger partial charge in [-0.15, -0.1) is 0 Å². The Labute approximate surface area is 333 Å². The number of pyridine rings is 1. The molecule has 0 aliphatic heterocycles. The average Bonchev–Trinajstić information content (AvgIpc) is 3.33. The molecule has 0 saturated heterocycles. The van der Waals surface area contributed by atoms with Gasteiger partial charge in [0.25, 0.3) is 0 Å². The molecule has 2 fully saturated rings. The van der Waals surface area contributed by atoms with Gasteiger partial charge in [-0.1, -0.05) is 140 Å². The highest BCUT2D eigenvalue weighted by molar-refractivity contribution is 6.03. The van der Waals surface area contributed by atoms with Gasteiger partial charge in [-0.3, -0.25) is 4.98 Å². The summed E-state index contributed by atoms with van der Waals surface area (Å²) in [5.74, 6) is 4.61. The summed E-state index contributed by atoms with van der Waals surface area (Å²) in [5.41, 5.74) is 17.8. The summed E-state index contributed by atoms with van der Waals surface area (Å²) in [5, 5.41) is 0. The van der Waals surface area contributed by atoms with Crippen molar-refractivity contribution in [2.45, 2.75) is 43.9 Å². The van der Waals surface area contributed by atoms with E-state index >= 15 is 0 Å². The molecule has 0 radical (unpaired) electrons. The first-order valence-corrected chi connectivity index (χ1v) is 20.6. The second-order valence-corrected chi connectivity index (χ2v) is 16.6. The largest absolute Gasteiger partial charge is 0.260 e. The Balaban J connectivity index is 1.06. The molecular formula is C53H40N4. The smallest absolute Gasteiger partial charge is 0.165 e. The molecule has 272 valence electrons. The van der Waals surface area contributed by atoms with E-state index < -0.39 is 0 Å². The van der Waals surface area contributed by atoms with Crippen molar-refractivity contribution in [3.63, 3.8) is 0 Å². The molecule has 2 saturated carbocycles. The number of hydrogen-bond acceptors (Lipinski definition) is 4. The first-order chi connectivity index (χ1) is 28.2. The highest BCUT2D eigenvalue weighted by Crippen LogP contribution is 2.55. The fourth-order valence-corrected chi connectivity index (χ4v) is 10.9. The topological polar surface area (TPSA) is 51.6 Å². The predicted octanol–water partition coefficient (Wildman–Crippen LogP) is 13.3. The molecule has 2 atom stereocenters. The third-order valence-electron chi connectivity index (χ3n) is 13.3. The lowest BCUT2D eigenvalue weighted by molar-refractivity contribution is 0.151. The molecule has 5 aliphatic carbocycles. The zero-order valence-electron chi connectivity index (χ0n) is 31.6. The van der Waals surface area contributed by atoms with Crippen molar-refractivity contribution in [1.82, 2.24) is 19.9 Å². The van der Waals surface area contributed by atoms with E-state index in [2.05, 4.69) is 133 Å². The van der Waals surface area contributed by atoms with Gasteiger partial charge in [0.15, 0.2) is 17.5 Å². The molecule has 57 heavy (non-hydrogen) atoms. The average molecular weight is 733 g/mol. The van der Waals surface area contributed by atoms with Gasteiger partial charge in [0.1, 0.15) is 0 Å². The number of benzene rings is 6. The maximum atomic E-state index is 5.36. The summed E-state index contributed by atoms with van der Waals surface area (Å²) in [4.78, 5) is 21.1. The molecule has 4 nitrogen and oxygen atoms in total. The minimum Gasteiger partial charge on any atom is -0.260 e. The Morgan fingerprint density at radius 1 is 0.333 bits per heavy atom. The fraction of sp³-hybridized carbons (Fsp3) is 0.170. The molecule has 2 aromatic heterocycles. The van der Waals surface area contributed by atoms with Crippen LogP contribution < -0.4 is 0 Å². The van der Waals surface area contributed by atoms with E-state index in [4.69, 9.17) is 19.9 Å². The van der Waals surface area contributed by atoms with Crippen LogP contribution in [-0.2, 0) is 0 Å². The van der Waals surface area contributed by atoms with Crippen molar-refractivity contribution in [3.8, 4) is 89.8 Å². The number of hydrogen-bond donors (Lipinski definition) is 0. The van der Waals surface area contributed by atoms with Crippen molar-refractivity contribution >= 4 is 0 Å². The van der Waals surface area contributed by atoms with Crippen LogP contribution in [0.5, 0.6) is 0 Å². The van der Waals surface area contributed by atoms with Gasteiger partial charge in [-0.05, 0) is 118 Å². The highest BCUT2D eigenvalue weighted by atomic mass is 15.0. The van der Waals surface area contributed by atoms with Crippen molar-refractivity contribution in [1.29, 1.82) is 0 Å². The minimum atomic E-state index is 0.488. The fourth-order valence-electron chi connectivity index (χ4n) is 10.9. The molecule has 0 amide bonds. The van der Waals surface area contributed by atoms with Crippen molar-refractivity contribution in [2.75, 3.05) is 0 Å². The Bertz CT molecular complexity index is 2860. The summed E-state index contributed by atoms with van der Waals surface area (Å²) in [6.45, 7) is 0. The summed E-state index contributed by atoms with van der Waals surface area (Å²) in [7, 11) is 0. The first kappa shape index (κ1) is 32.7. The van der Waals surface area contributed by atoms with Crippen LogP contribution in [0.1, 0.15) is 55.2 Å². The predicted molar refractivity (Wildman–Crippen MR) is 230 cm³/mol. The van der Waals surface area contributed by atoms with Crippen LogP contribution in [0, 0.1) is 11.8 Å². The van der Waals surface area contributed by atoms with Gasteiger partial charge in [0.2, 0.25) is 0 Å². The van der Waals surface area contributed by atoms with Crippen LogP contribution in [0.25, 0.3) is 89.8 Å². The van der Waals surface area contributed by atoms with Crippen molar-refractivity contribution < 1.29 is 0 Å².